The van der Waals surface area contributed by atoms with Gasteiger partial charge in [0.25, 0.3) is 0 Å². The summed E-state index contributed by atoms with van der Waals surface area (Å²) >= 11 is 0. The first-order chi connectivity index (χ1) is 14.2. The number of nitriles is 1. The van der Waals surface area contributed by atoms with Gasteiger partial charge >= 0.3 is 0 Å². The van der Waals surface area contributed by atoms with Gasteiger partial charge in [0.05, 0.1) is 11.8 Å². The Morgan fingerprint density at radius 3 is 2.69 bits per heavy atom. The van der Waals surface area contributed by atoms with E-state index in [0.29, 0.717) is 6.42 Å². The lowest BCUT2D eigenvalue weighted by Gasteiger charge is -2.50. The number of rotatable bonds is 2. The summed E-state index contributed by atoms with van der Waals surface area (Å²) < 4.78 is 0. The van der Waals surface area contributed by atoms with Crippen molar-refractivity contribution in [3.63, 3.8) is 0 Å². The van der Waals surface area contributed by atoms with E-state index in [9.17, 15) is 10.1 Å². The number of ketones is 1. The number of H-pyrrole nitrogens is 1. The van der Waals surface area contributed by atoms with Crippen molar-refractivity contribution in [1.82, 2.24) is 20.2 Å². The Balaban J connectivity index is 1.76. The van der Waals surface area contributed by atoms with Crippen LogP contribution in [0, 0.1) is 29.1 Å². The van der Waals surface area contributed by atoms with Crippen molar-refractivity contribution in [2.24, 2.45) is 17.8 Å². The van der Waals surface area contributed by atoms with Crippen LogP contribution in [0.15, 0.2) is 49.1 Å². The zero-order valence-electron chi connectivity index (χ0n) is 16.2. The van der Waals surface area contributed by atoms with Gasteiger partial charge in [0, 0.05) is 40.5 Å². The lowest BCUT2D eigenvalue weighted by molar-refractivity contribution is -0.131. The number of hydrogen-bond donors (Lipinski definition) is 1. The number of aromatic amines is 1. The van der Waals surface area contributed by atoms with E-state index < -0.39 is 11.3 Å². The zero-order chi connectivity index (χ0) is 20.0. The van der Waals surface area contributed by atoms with Gasteiger partial charge in [-0.3, -0.25) is 9.89 Å². The van der Waals surface area contributed by atoms with Crippen LogP contribution in [0.1, 0.15) is 36.6 Å². The van der Waals surface area contributed by atoms with Crippen LogP contribution in [-0.2, 0) is 16.6 Å². The Morgan fingerprint density at radius 1 is 1.21 bits per heavy atom. The molecule has 6 nitrogen and oxygen atoms in total. The summed E-state index contributed by atoms with van der Waals surface area (Å²) in [6, 6.07) is 12.6. The molecule has 29 heavy (non-hydrogen) atoms. The first-order valence-corrected chi connectivity index (χ1v) is 9.98. The average Bonchev–Trinajstić information content (AvgIpc) is 3.22. The maximum Gasteiger partial charge on any atom is 0.153 e. The van der Waals surface area contributed by atoms with Gasteiger partial charge in [-0.2, -0.15) is 10.4 Å². The third-order valence-electron chi connectivity index (χ3n) is 6.85. The second kappa shape index (κ2) is 6.63. The molecule has 0 aliphatic heterocycles. The predicted octanol–water partition coefficient (Wildman–Crippen LogP) is 3.46. The molecule has 1 aromatic carbocycles. The minimum absolute atomic E-state index is 0.0729. The second-order valence-corrected chi connectivity index (χ2v) is 8.11. The fourth-order valence-electron chi connectivity index (χ4n) is 5.56. The number of nitrogens with one attached hydrogen (secondary N) is 1. The maximum atomic E-state index is 12.9. The first kappa shape index (κ1) is 17.7. The summed E-state index contributed by atoms with van der Waals surface area (Å²) in [5, 5.41) is 17.7. The molecule has 6 heteroatoms. The van der Waals surface area contributed by atoms with Crippen molar-refractivity contribution in [2.75, 3.05) is 0 Å². The highest BCUT2D eigenvalue weighted by Gasteiger charge is 2.56. The third kappa shape index (κ3) is 2.47. The molecule has 2 heterocycles. The number of carbonyl (C=O) groups is 1. The lowest BCUT2D eigenvalue weighted by atomic mass is 9.51. The number of benzene rings is 1. The maximum absolute atomic E-state index is 12.9. The molecule has 1 saturated carbocycles. The molecule has 0 amide bonds. The number of Topliss-reactive ketones (excluding diaryl/α,β-unsaturated/α-hetero) is 1. The van der Waals surface area contributed by atoms with E-state index in [1.807, 2.05) is 25.1 Å². The van der Waals surface area contributed by atoms with Gasteiger partial charge < -0.3 is 0 Å². The third-order valence-corrected chi connectivity index (χ3v) is 6.85. The van der Waals surface area contributed by atoms with E-state index in [1.54, 1.807) is 12.4 Å². The molecule has 1 unspecified atom stereocenters. The molecule has 1 fully saturated rings. The SMILES string of the molecule is C[C@@H]1C(=O)C(C#N)C[C@]2(c3ccccc3)c3[nH]nc(-c4cncnc4)c3CC[C@@H]12. The molecule has 1 N–H and O–H groups in total. The second-order valence-electron chi connectivity index (χ2n) is 8.11. The molecule has 0 saturated heterocycles. The van der Waals surface area contributed by atoms with Crippen LogP contribution < -0.4 is 0 Å². The Kier molecular flexibility index (Phi) is 4.06. The quantitative estimate of drug-likeness (QED) is 0.731. The molecule has 2 aromatic heterocycles. The molecule has 5 rings (SSSR count). The number of aromatic nitrogens is 4. The van der Waals surface area contributed by atoms with Gasteiger partial charge in [-0.1, -0.05) is 37.3 Å². The van der Waals surface area contributed by atoms with E-state index >= 15 is 0 Å². The highest BCUT2D eigenvalue weighted by molar-refractivity contribution is 5.87. The zero-order valence-corrected chi connectivity index (χ0v) is 16.2. The Labute approximate surface area is 169 Å². The smallest absolute Gasteiger partial charge is 0.153 e. The summed E-state index contributed by atoms with van der Waals surface area (Å²) in [5.74, 6) is -0.577. The van der Waals surface area contributed by atoms with Gasteiger partial charge in [0.2, 0.25) is 0 Å². The highest BCUT2D eigenvalue weighted by Crippen LogP contribution is 2.56. The van der Waals surface area contributed by atoms with E-state index in [2.05, 4.69) is 38.4 Å². The van der Waals surface area contributed by atoms with Crippen LogP contribution in [-0.4, -0.2) is 25.9 Å². The summed E-state index contributed by atoms with van der Waals surface area (Å²) in [6.45, 7) is 1.99. The summed E-state index contributed by atoms with van der Waals surface area (Å²) in [7, 11) is 0. The first-order valence-electron chi connectivity index (χ1n) is 9.98. The van der Waals surface area contributed by atoms with Crippen LogP contribution in [0.5, 0.6) is 0 Å². The number of carbonyl (C=O) groups excluding carboxylic acids is 1. The molecule has 2 aliphatic rings. The Hall–Kier alpha value is -3.33. The van der Waals surface area contributed by atoms with Gasteiger partial charge in [-0.15, -0.1) is 0 Å². The van der Waals surface area contributed by atoms with Crippen molar-refractivity contribution < 1.29 is 4.79 Å². The van der Waals surface area contributed by atoms with Crippen LogP contribution in [0.3, 0.4) is 0 Å². The van der Waals surface area contributed by atoms with E-state index in [0.717, 1.165) is 40.9 Å². The van der Waals surface area contributed by atoms with Gasteiger partial charge in [-0.05, 0) is 30.7 Å². The molecule has 2 aliphatic carbocycles. The number of nitrogens with zero attached hydrogens (tertiary/aromatic N) is 4. The van der Waals surface area contributed by atoms with E-state index in [1.165, 1.54) is 6.33 Å². The molecule has 3 aromatic rings. The number of fused-ring (bicyclic) bond motifs is 3. The average molecular weight is 383 g/mol. The van der Waals surface area contributed by atoms with Crippen molar-refractivity contribution in [2.45, 2.75) is 31.6 Å². The topological polar surface area (TPSA) is 95.3 Å². The fourth-order valence-corrected chi connectivity index (χ4v) is 5.56. The standard InChI is InChI=1S/C23H21N5O/c1-14-19-8-7-18-20(16-11-25-13-26-12-16)27-28-22(18)23(19,9-15(10-24)21(14)29)17-5-3-2-4-6-17/h2-6,11-15,19H,7-9H2,1H3,(H,27,28)/t14-,15?,19-,23+/m0/s1. The van der Waals surface area contributed by atoms with E-state index in [-0.39, 0.29) is 17.6 Å². The molecule has 144 valence electrons. The van der Waals surface area contributed by atoms with Crippen molar-refractivity contribution >= 4 is 5.78 Å². The van der Waals surface area contributed by atoms with Crippen LogP contribution in [0.4, 0.5) is 0 Å². The van der Waals surface area contributed by atoms with Crippen LogP contribution >= 0.6 is 0 Å². The summed E-state index contributed by atoms with van der Waals surface area (Å²) in [4.78, 5) is 21.1. The molecular formula is C23H21N5O. The molecule has 4 atom stereocenters. The Morgan fingerprint density at radius 2 is 1.97 bits per heavy atom. The van der Waals surface area contributed by atoms with Gasteiger partial charge in [0.1, 0.15) is 12.2 Å². The summed E-state index contributed by atoms with van der Waals surface area (Å²) in [6.07, 6.45) is 7.26. The summed E-state index contributed by atoms with van der Waals surface area (Å²) in [5.41, 5.74) is 4.65. The Bertz CT molecular complexity index is 1100. The molecular weight excluding hydrogens is 362 g/mol. The minimum atomic E-state index is -0.612. The highest BCUT2D eigenvalue weighted by atomic mass is 16.1. The molecule has 0 spiro atoms. The van der Waals surface area contributed by atoms with E-state index in [4.69, 9.17) is 0 Å². The monoisotopic (exact) mass is 383 g/mol. The number of hydrogen-bond acceptors (Lipinski definition) is 5. The van der Waals surface area contributed by atoms with Crippen molar-refractivity contribution in [1.29, 1.82) is 5.26 Å². The fraction of sp³-hybridized carbons (Fsp3) is 0.348. The van der Waals surface area contributed by atoms with Crippen molar-refractivity contribution in [3.05, 3.63) is 65.9 Å². The largest absolute Gasteiger partial charge is 0.298 e. The van der Waals surface area contributed by atoms with Gasteiger partial charge in [0.15, 0.2) is 5.78 Å². The lowest BCUT2D eigenvalue weighted by Crippen LogP contribution is -2.52. The normalized spacial score (nSPS) is 28.3. The van der Waals surface area contributed by atoms with Crippen LogP contribution in [0.2, 0.25) is 0 Å². The predicted molar refractivity (Wildman–Crippen MR) is 107 cm³/mol. The molecule has 0 radical (unpaired) electrons. The molecule has 0 bridgehead atoms. The van der Waals surface area contributed by atoms with Crippen molar-refractivity contribution in [3.8, 4) is 17.3 Å². The van der Waals surface area contributed by atoms with Gasteiger partial charge in [-0.25, -0.2) is 9.97 Å². The van der Waals surface area contributed by atoms with Crippen LogP contribution in [0.25, 0.3) is 11.3 Å². The minimum Gasteiger partial charge on any atom is -0.298 e.